The molecular weight excluding hydrogens is 350 g/mol. The molecule has 1 aliphatic rings. The maximum atomic E-state index is 12.5. The van der Waals surface area contributed by atoms with Gasteiger partial charge in [-0.25, -0.2) is 8.42 Å². The Morgan fingerprint density at radius 1 is 1.12 bits per heavy atom. The van der Waals surface area contributed by atoms with E-state index in [0.717, 1.165) is 17.5 Å². The fourth-order valence-corrected chi connectivity index (χ4v) is 3.89. The van der Waals surface area contributed by atoms with Crippen LogP contribution in [0.15, 0.2) is 52.4 Å². The molecule has 2 aromatic carbocycles. The maximum absolute atomic E-state index is 12.5. The molecule has 0 saturated carbocycles. The topological polar surface area (TPSA) is 87.6 Å². The van der Waals surface area contributed by atoms with Gasteiger partial charge in [0.2, 0.25) is 0 Å². The molecule has 0 spiro atoms. The second-order valence-corrected chi connectivity index (χ2v) is 8.02. The number of aryl methyl sites for hydroxylation is 2. The van der Waals surface area contributed by atoms with Crippen LogP contribution in [0.4, 0.5) is 5.69 Å². The summed E-state index contributed by atoms with van der Waals surface area (Å²) in [6.07, 6.45) is 1.48. The zero-order valence-electron chi connectivity index (χ0n) is 14.7. The molecule has 0 fully saturated rings. The van der Waals surface area contributed by atoms with Crippen molar-refractivity contribution in [1.29, 1.82) is 0 Å². The number of nitrogens with one attached hydrogen (secondary N) is 2. The van der Waals surface area contributed by atoms with Gasteiger partial charge in [0.15, 0.2) is 0 Å². The Balaban J connectivity index is 1.81. The van der Waals surface area contributed by atoms with Crippen LogP contribution in [0.5, 0.6) is 0 Å². The highest BCUT2D eigenvalue weighted by molar-refractivity contribution is 7.90. The number of aliphatic imine (C=N–C) groups is 1. The molecular formula is C19H21N3O3S. The second-order valence-electron chi connectivity index (χ2n) is 6.34. The quantitative estimate of drug-likeness (QED) is 0.866. The van der Waals surface area contributed by atoms with Crippen LogP contribution in [0, 0.1) is 13.8 Å². The highest BCUT2D eigenvalue weighted by atomic mass is 32.2. The lowest BCUT2D eigenvalue weighted by atomic mass is 10.1. The Morgan fingerprint density at radius 2 is 1.92 bits per heavy atom. The Hall–Kier alpha value is -2.67. The van der Waals surface area contributed by atoms with Gasteiger partial charge in [0.05, 0.1) is 4.90 Å². The number of hydrogen-bond acceptors (Lipinski definition) is 4. The fraction of sp³-hybridized carbons (Fsp3) is 0.263. The van der Waals surface area contributed by atoms with Gasteiger partial charge in [0.1, 0.15) is 5.84 Å². The third-order valence-electron chi connectivity index (χ3n) is 4.17. The van der Waals surface area contributed by atoms with Crippen molar-refractivity contribution in [3.8, 4) is 0 Å². The van der Waals surface area contributed by atoms with Gasteiger partial charge >= 0.3 is 0 Å². The lowest BCUT2D eigenvalue weighted by Crippen LogP contribution is -2.29. The van der Waals surface area contributed by atoms with E-state index in [-0.39, 0.29) is 10.8 Å². The highest BCUT2D eigenvalue weighted by Gasteiger charge is 2.19. The molecule has 0 unspecified atom stereocenters. The van der Waals surface area contributed by atoms with Crippen molar-refractivity contribution in [1.82, 2.24) is 4.72 Å². The predicted molar refractivity (Wildman–Crippen MR) is 102 cm³/mol. The molecule has 6 nitrogen and oxygen atoms in total. The first-order valence-corrected chi connectivity index (χ1v) is 9.88. The number of benzene rings is 2. The molecule has 3 rings (SSSR count). The Bertz CT molecular complexity index is 981. The molecule has 1 heterocycles. The number of amidine groups is 1. The van der Waals surface area contributed by atoms with Gasteiger partial charge in [-0.15, -0.1) is 0 Å². The van der Waals surface area contributed by atoms with Crippen molar-refractivity contribution in [3.63, 3.8) is 0 Å². The van der Waals surface area contributed by atoms with Crippen molar-refractivity contribution in [3.05, 3.63) is 59.2 Å². The zero-order valence-corrected chi connectivity index (χ0v) is 15.6. The van der Waals surface area contributed by atoms with Crippen molar-refractivity contribution in [2.45, 2.75) is 31.6 Å². The van der Waals surface area contributed by atoms with E-state index in [1.54, 1.807) is 12.1 Å². The molecule has 2 N–H and O–H groups in total. The molecule has 0 bridgehead atoms. The molecule has 2 aromatic rings. The van der Waals surface area contributed by atoms with Crippen LogP contribution in [-0.2, 0) is 10.0 Å². The summed E-state index contributed by atoms with van der Waals surface area (Å²) in [6.45, 7) is 4.42. The minimum absolute atomic E-state index is 0.0888. The number of rotatable bonds is 4. The lowest BCUT2D eigenvalue weighted by molar-refractivity contribution is 0.102. The van der Waals surface area contributed by atoms with E-state index in [2.05, 4.69) is 15.0 Å². The van der Waals surface area contributed by atoms with Crippen LogP contribution < -0.4 is 10.0 Å². The van der Waals surface area contributed by atoms with Gasteiger partial charge in [-0.2, -0.15) is 0 Å². The summed E-state index contributed by atoms with van der Waals surface area (Å²) in [7, 11) is -3.71. The van der Waals surface area contributed by atoms with Crippen LogP contribution in [0.3, 0.4) is 0 Å². The van der Waals surface area contributed by atoms with Gasteiger partial charge in [0.25, 0.3) is 15.9 Å². The number of amides is 1. The van der Waals surface area contributed by atoms with E-state index >= 15 is 0 Å². The van der Waals surface area contributed by atoms with Crippen LogP contribution in [0.25, 0.3) is 0 Å². The number of nitrogens with zero attached hydrogens (tertiary/aromatic N) is 1. The number of anilines is 1. The van der Waals surface area contributed by atoms with Crippen LogP contribution in [0.2, 0.25) is 0 Å². The van der Waals surface area contributed by atoms with Crippen molar-refractivity contribution < 1.29 is 13.2 Å². The van der Waals surface area contributed by atoms with Gasteiger partial charge in [-0.1, -0.05) is 23.8 Å². The summed E-state index contributed by atoms with van der Waals surface area (Å²) < 4.78 is 27.5. The van der Waals surface area contributed by atoms with E-state index in [1.807, 2.05) is 32.0 Å². The van der Waals surface area contributed by atoms with Crippen LogP contribution in [-0.4, -0.2) is 26.7 Å². The first-order valence-electron chi connectivity index (χ1n) is 8.40. The highest BCUT2D eigenvalue weighted by Crippen LogP contribution is 2.18. The van der Waals surface area contributed by atoms with Gasteiger partial charge < -0.3 is 5.32 Å². The molecule has 7 heteroatoms. The lowest BCUT2D eigenvalue weighted by Gasteiger charge is -2.11. The van der Waals surface area contributed by atoms with E-state index in [0.29, 0.717) is 30.1 Å². The first kappa shape index (κ1) is 18.1. The molecule has 1 amide bonds. The van der Waals surface area contributed by atoms with E-state index in [4.69, 9.17) is 0 Å². The molecule has 0 saturated heterocycles. The molecule has 0 aromatic heterocycles. The zero-order chi connectivity index (χ0) is 18.7. The summed E-state index contributed by atoms with van der Waals surface area (Å²) in [4.78, 5) is 16.8. The Morgan fingerprint density at radius 3 is 2.65 bits per heavy atom. The second kappa shape index (κ2) is 7.29. The summed E-state index contributed by atoms with van der Waals surface area (Å²) in [6, 6.07) is 11.8. The third kappa shape index (κ3) is 4.11. The first-order chi connectivity index (χ1) is 12.3. The van der Waals surface area contributed by atoms with Crippen LogP contribution >= 0.6 is 0 Å². The number of hydrogen-bond donors (Lipinski definition) is 2. The predicted octanol–water partition coefficient (Wildman–Crippen LogP) is 3.03. The van der Waals surface area contributed by atoms with Crippen molar-refractivity contribution in [2.24, 2.45) is 4.99 Å². The molecule has 136 valence electrons. The number of carbonyl (C=O) groups excluding carboxylic acids is 1. The van der Waals surface area contributed by atoms with Crippen molar-refractivity contribution in [2.75, 3.05) is 11.9 Å². The number of sulfonamides is 1. The average Bonchev–Trinajstić information content (AvgIpc) is 3.09. The fourth-order valence-electron chi connectivity index (χ4n) is 2.76. The average molecular weight is 371 g/mol. The summed E-state index contributed by atoms with van der Waals surface area (Å²) in [5, 5.41) is 2.77. The third-order valence-corrected chi connectivity index (χ3v) is 5.55. The van der Waals surface area contributed by atoms with Gasteiger partial charge in [-0.3, -0.25) is 14.5 Å². The Kier molecular flexibility index (Phi) is 5.08. The van der Waals surface area contributed by atoms with E-state index in [9.17, 15) is 13.2 Å². The summed E-state index contributed by atoms with van der Waals surface area (Å²) in [5.74, 6) is 0.212. The minimum atomic E-state index is -3.71. The van der Waals surface area contributed by atoms with Gasteiger partial charge in [0, 0.05) is 24.2 Å². The van der Waals surface area contributed by atoms with E-state index in [1.165, 1.54) is 12.1 Å². The van der Waals surface area contributed by atoms with Gasteiger partial charge in [-0.05, 0) is 50.1 Å². The van der Waals surface area contributed by atoms with Crippen molar-refractivity contribution >= 4 is 27.5 Å². The maximum Gasteiger partial charge on any atom is 0.262 e. The summed E-state index contributed by atoms with van der Waals surface area (Å²) in [5.41, 5.74) is 2.83. The number of carbonyl (C=O) groups is 1. The monoisotopic (exact) mass is 371 g/mol. The normalized spacial score (nSPS) is 14.0. The molecule has 0 aliphatic carbocycles. The van der Waals surface area contributed by atoms with E-state index < -0.39 is 10.0 Å². The Labute approximate surface area is 153 Å². The summed E-state index contributed by atoms with van der Waals surface area (Å²) >= 11 is 0. The molecule has 26 heavy (non-hydrogen) atoms. The standard InChI is InChI=1S/C19H21N3O3S/c1-13-8-9-14(2)17(11-13)19(23)21-15-5-3-6-16(12-15)26(24,25)22-18-7-4-10-20-18/h3,5-6,8-9,11-12H,4,7,10H2,1-2H3,(H,20,22)(H,21,23). The molecule has 0 radical (unpaired) electrons. The largest absolute Gasteiger partial charge is 0.322 e. The minimum Gasteiger partial charge on any atom is -0.322 e. The smallest absolute Gasteiger partial charge is 0.262 e. The molecule has 1 aliphatic heterocycles. The SMILES string of the molecule is Cc1ccc(C)c(C(=O)Nc2cccc(S(=O)(=O)NC3=NCCC3)c2)c1. The van der Waals surface area contributed by atoms with Crippen LogP contribution in [0.1, 0.15) is 34.3 Å². The molecule has 0 atom stereocenters.